The minimum absolute atomic E-state index is 0.0913. The number of ether oxygens (including phenoxy) is 2. The molecule has 1 amide bonds. The van der Waals surface area contributed by atoms with Crippen LogP contribution in [0.25, 0.3) is 11.2 Å². The Balaban J connectivity index is 1.74. The molecule has 1 aromatic carbocycles. The Kier molecular flexibility index (Phi) is 10.1. The van der Waals surface area contributed by atoms with E-state index in [2.05, 4.69) is 25.1 Å². The molecule has 2 aromatic heterocycles. The first-order valence-corrected chi connectivity index (χ1v) is 14.5. The lowest BCUT2D eigenvalue weighted by molar-refractivity contribution is -0.149. The van der Waals surface area contributed by atoms with E-state index in [9.17, 15) is 18.5 Å². The first-order valence-electron chi connectivity index (χ1n) is 12.6. The highest BCUT2D eigenvalue weighted by Crippen LogP contribution is 2.40. The predicted octanol–water partition coefficient (Wildman–Crippen LogP) is 3.63. The van der Waals surface area contributed by atoms with Crippen molar-refractivity contribution in [1.29, 1.82) is 0 Å². The number of imidazole rings is 1. The van der Waals surface area contributed by atoms with Gasteiger partial charge in [-0.2, -0.15) is 0 Å². The maximum Gasteiger partial charge on any atom is 0.326 e. The Morgan fingerprint density at radius 1 is 1.18 bits per heavy atom. The summed E-state index contributed by atoms with van der Waals surface area (Å²) in [4.78, 5) is 38.0. The molecule has 212 valence electrons. The minimum Gasteiger partial charge on any atom is -0.464 e. The predicted molar refractivity (Wildman–Crippen MR) is 144 cm³/mol. The van der Waals surface area contributed by atoms with Crippen LogP contribution in [0, 0.1) is 5.82 Å². The van der Waals surface area contributed by atoms with Crippen LogP contribution < -0.4 is 15.9 Å². The molecule has 0 spiro atoms. The number of esters is 1. The van der Waals surface area contributed by atoms with Crippen LogP contribution in [0.1, 0.15) is 57.3 Å². The summed E-state index contributed by atoms with van der Waals surface area (Å²) in [5.74, 6) is -1.61. The molecule has 2 atom stereocenters. The number of carbonyl (C=O) groups excluding carboxylic acids is 2. The molecule has 3 rings (SSSR count). The third kappa shape index (κ3) is 8.29. The summed E-state index contributed by atoms with van der Waals surface area (Å²) < 4.78 is 40.3. The highest BCUT2D eigenvalue weighted by molar-refractivity contribution is 7.60. The summed E-state index contributed by atoms with van der Waals surface area (Å²) in [5, 5.41) is 5.23. The summed E-state index contributed by atoms with van der Waals surface area (Å²) in [6.45, 7) is 7.31. The van der Waals surface area contributed by atoms with E-state index in [0.29, 0.717) is 17.6 Å². The van der Waals surface area contributed by atoms with E-state index >= 15 is 0 Å². The zero-order valence-corrected chi connectivity index (χ0v) is 23.4. The molecule has 0 saturated heterocycles. The van der Waals surface area contributed by atoms with Gasteiger partial charge in [-0.1, -0.05) is 19.8 Å². The number of hydrogen-bond acceptors (Lipinski definition) is 9. The zero-order chi connectivity index (χ0) is 28.6. The molecule has 2 heterocycles. The highest BCUT2D eigenvalue weighted by atomic mass is 31.2. The number of anilines is 1. The minimum atomic E-state index is -3.91. The van der Waals surface area contributed by atoms with Gasteiger partial charge in [0.2, 0.25) is 0 Å². The Morgan fingerprint density at radius 2 is 1.90 bits per heavy atom. The van der Waals surface area contributed by atoms with E-state index < -0.39 is 43.1 Å². The first kappa shape index (κ1) is 30.1. The molecule has 3 aromatic rings. The van der Waals surface area contributed by atoms with Crippen LogP contribution in [0.4, 0.5) is 10.2 Å². The van der Waals surface area contributed by atoms with Gasteiger partial charge in [0.25, 0.3) is 13.4 Å². The smallest absolute Gasteiger partial charge is 0.326 e. The SMILES string of the molecule is CCCCCOC(=O)C(C)(C)N[P@@](=O)(CO[C@H](C)Cn1cnc2c(N)ncnc21)NC(=O)c1ccc(F)cc1. The summed E-state index contributed by atoms with van der Waals surface area (Å²) in [7, 11) is -3.91. The van der Waals surface area contributed by atoms with Gasteiger partial charge in [0.1, 0.15) is 29.5 Å². The molecule has 0 fully saturated rings. The normalized spacial score (nSPS) is 14.1. The number of unbranched alkanes of at least 4 members (excludes halogenated alkanes) is 2. The van der Waals surface area contributed by atoms with Gasteiger partial charge in [-0.05, 0) is 51.5 Å². The average molecular weight is 564 g/mol. The van der Waals surface area contributed by atoms with Crippen molar-refractivity contribution in [2.24, 2.45) is 0 Å². The van der Waals surface area contributed by atoms with Crippen LogP contribution in [0.3, 0.4) is 0 Å². The van der Waals surface area contributed by atoms with Crippen molar-refractivity contribution >= 4 is 36.3 Å². The van der Waals surface area contributed by atoms with Crippen molar-refractivity contribution in [3.05, 3.63) is 48.3 Å². The van der Waals surface area contributed by atoms with Gasteiger partial charge in [-0.15, -0.1) is 0 Å². The second kappa shape index (κ2) is 13.1. The largest absolute Gasteiger partial charge is 0.464 e. The molecule has 0 aliphatic heterocycles. The molecule has 0 aliphatic rings. The van der Waals surface area contributed by atoms with Gasteiger partial charge < -0.3 is 19.8 Å². The Bertz CT molecular complexity index is 1330. The van der Waals surface area contributed by atoms with E-state index in [1.165, 1.54) is 32.3 Å². The zero-order valence-electron chi connectivity index (χ0n) is 22.5. The summed E-state index contributed by atoms with van der Waals surface area (Å²) in [5.41, 5.74) is 5.48. The third-order valence-corrected chi connectivity index (χ3v) is 7.76. The Labute approximate surface area is 226 Å². The number of nitrogens with two attached hydrogens (primary N) is 1. The van der Waals surface area contributed by atoms with Crippen molar-refractivity contribution in [1.82, 2.24) is 29.7 Å². The fourth-order valence-corrected chi connectivity index (χ4v) is 5.81. The highest BCUT2D eigenvalue weighted by Gasteiger charge is 2.39. The molecule has 4 N–H and O–H groups in total. The van der Waals surface area contributed by atoms with Gasteiger partial charge >= 0.3 is 5.97 Å². The maximum absolute atomic E-state index is 14.0. The second-order valence-corrected chi connectivity index (χ2v) is 11.9. The third-order valence-electron chi connectivity index (χ3n) is 5.76. The number of aromatic nitrogens is 4. The van der Waals surface area contributed by atoms with Crippen LogP contribution in [0.2, 0.25) is 0 Å². The number of hydrogen-bond donors (Lipinski definition) is 3. The van der Waals surface area contributed by atoms with Crippen molar-refractivity contribution in [3.8, 4) is 0 Å². The lowest BCUT2D eigenvalue weighted by atomic mass is 10.1. The number of fused-ring (bicyclic) bond motifs is 1. The molecule has 39 heavy (non-hydrogen) atoms. The molecule has 0 bridgehead atoms. The first-order chi connectivity index (χ1) is 18.4. The monoisotopic (exact) mass is 563 g/mol. The van der Waals surface area contributed by atoms with Crippen LogP contribution in [0.5, 0.6) is 0 Å². The Morgan fingerprint density at radius 3 is 2.59 bits per heavy atom. The lowest BCUT2D eigenvalue weighted by Gasteiger charge is -2.31. The molecule has 0 radical (unpaired) electrons. The van der Waals surface area contributed by atoms with Crippen LogP contribution in [-0.2, 0) is 25.4 Å². The number of carbonyl (C=O) groups is 2. The van der Waals surface area contributed by atoms with Gasteiger partial charge in [-0.3, -0.25) is 19.2 Å². The number of amides is 1. The van der Waals surface area contributed by atoms with Crippen LogP contribution in [-0.4, -0.2) is 56.0 Å². The topological polar surface area (TPSA) is 163 Å². The fourth-order valence-electron chi connectivity index (χ4n) is 3.71. The van der Waals surface area contributed by atoms with E-state index in [-0.39, 0.29) is 24.5 Å². The van der Waals surface area contributed by atoms with E-state index in [1.807, 2.05) is 6.92 Å². The number of benzene rings is 1. The van der Waals surface area contributed by atoms with Crippen molar-refractivity contribution in [2.75, 3.05) is 18.7 Å². The molecule has 12 nitrogen and oxygen atoms in total. The molecular weight excluding hydrogens is 528 g/mol. The van der Waals surface area contributed by atoms with Crippen LogP contribution >= 0.6 is 7.44 Å². The van der Waals surface area contributed by atoms with Crippen molar-refractivity contribution in [2.45, 2.75) is 65.1 Å². The van der Waals surface area contributed by atoms with Gasteiger partial charge in [0, 0.05) is 5.56 Å². The average Bonchev–Trinajstić information content (AvgIpc) is 3.29. The summed E-state index contributed by atoms with van der Waals surface area (Å²) in [6.07, 6.45) is 4.49. The molecule has 14 heteroatoms. The number of nitrogens with zero attached hydrogens (tertiary/aromatic N) is 4. The number of halogens is 1. The Hall–Kier alpha value is -3.41. The molecule has 0 saturated carbocycles. The van der Waals surface area contributed by atoms with Gasteiger partial charge in [0.05, 0.1) is 25.6 Å². The fraction of sp³-hybridized carbons (Fsp3) is 0.480. The van der Waals surface area contributed by atoms with Gasteiger partial charge in [-0.25, -0.2) is 24.4 Å². The van der Waals surface area contributed by atoms with E-state index in [4.69, 9.17) is 15.2 Å². The maximum atomic E-state index is 14.0. The standard InChI is InChI=1S/C25H35FN7O5P/c1-5-6-7-12-37-24(35)25(3,4)32-39(36,31-23(34)18-8-10-19(26)11-9-18)16-38-17(2)13-33-15-30-20-21(27)28-14-29-22(20)33/h8-11,14-15,17H,5-7,12-13,16H2,1-4H3,(H2,27,28,29)(H2,31,32,34,36)/t17-,39-/m1/s1. The molecule has 0 aliphatic carbocycles. The summed E-state index contributed by atoms with van der Waals surface area (Å²) >= 11 is 0. The summed E-state index contributed by atoms with van der Waals surface area (Å²) in [6, 6.07) is 4.77. The van der Waals surface area contributed by atoms with Gasteiger partial charge in [0.15, 0.2) is 11.5 Å². The van der Waals surface area contributed by atoms with Crippen molar-refractivity contribution < 1.29 is 28.0 Å². The lowest BCUT2D eigenvalue weighted by Crippen LogP contribution is -2.49. The number of nitrogen functional groups attached to an aromatic ring is 1. The van der Waals surface area contributed by atoms with E-state index in [0.717, 1.165) is 25.0 Å². The molecular formula is C25H35FN7O5P. The second-order valence-electron chi connectivity index (χ2n) is 9.70. The quantitative estimate of drug-likeness (QED) is 0.150. The number of nitrogens with one attached hydrogen (secondary N) is 2. The van der Waals surface area contributed by atoms with E-state index in [1.54, 1.807) is 17.8 Å². The van der Waals surface area contributed by atoms with Crippen molar-refractivity contribution in [3.63, 3.8) is 0 Å². The number of rotatable bonds is 14. The van der Waals surface area contributed by atoms with Crippen LogP contribution in [0.15, 0.2) is 36.9 Å². The molecule has 0 unspecified atom stereocenters.